The third-order valence-corrected chi connectivity index (χ3v) is 5.60. The quantitative estimate of drug-likeness (QED) is 0.898. The molecule has 17 heavy (non-hydrogen) atoms. The lowest BCUT2D eigenvalue weighted by Crippen LogP contribution is -2.36. The highest BCUT2D eigenvalue weighted by atomic mass is 32.2. The molecule has 1 aliphatic rings. The average Bonchev–Trinajstić information content (AvgIpc) is 2.75. The van der Waals surface area contributed by atoms with Crippen molar-refractivity contribution in [3.63, 3.8) is 0 Å². The highest BCUT2D eigenvalue weighted by molar-refractivity contribution is 7.91. The normalized spacial score (nSPS) is 19.9. The molecular formula is C11H14N2O2S2. The summed E-state index contributed by atoms with van der Waals surface area (Å²) in [6.45, 7) is 0.719. The van der Waals surface area contributed by atoms with Crippen LogP contribution >= 0.6 is 11.3 Å². The number of nitriles is 1. The molecule has 0 amide bonds. The molecule has 0 atom stereocenters. The molecular weight excluding hydrogens is 256 g/mol. The van der Waals surface area contributed by atoms with Crippen molar-refractivity contribution in [3.8, 4) is 6.07 Å². The monoisotopic (exact) mass is 270 g/mol. The molecule has 92 valence electrons. The molecule has 1 saturated heterocycles. The average molecular weight is 270 g/mol. The molecule has 2 heterocycles. The number of sulfone groups is 1. The lowest BCUT2D eigenvalue weighted by molar-refractivity contribution is 0.465. The van der Waals surface area contributed by atoms with E-state index in [0.29, 0.717) is 29.2 Å². The summed E-state index contributed by atoms with van der Waals surface area (Å²) < 4.78 is 22.5. The SMILES string of the molecule is N#Cc1ccc(CNC2CCS(=O)(=O)CC2)s1. The predicted octanol–water partition coefficient (Wildman–Crippen LogP) is 1.29. The van der Waals surface area contributed by atoms with Crippen molar-refractivity contribution < 1.29 is 8.42 Å². The van der Waals surface area contributed by atoms with Crippen LogP contribution in [0, 0.1) is 11.3 Å². The lowest BCUT2D eigenvalue weighted by atomic mass is 10.1. The number of hydrogen-bond donors (Lipinski definition) is 1. The Hall–Kier alpha value is -0.900. The third kappa shape index (κ3) is 3.53. The van der Waals surface area contributed by atoms with Gasteiger partial charge in [0.1, 0.15) is 20.8 Å². The van der Waals surface area contributed by atoms with Gasteiger partial charge in [-0.05, 0) is 25.0 Å². The van der Waals surface area contributed by atoms with E-state index in [-0.39, 0.29) is 6.04 Å². The Morgan fingerprint density at radius 3 is 2.71 bits per heavy atom. The second-order valence-corrected chi connectivity index (χ2v) is 7.66. The van der Waals surface area contributed by atoms with Crippen molar-refractivity contribution in [2.45, 2.75) is 25.4 Å². The fourth-order valence-corrected chi connectivity index (χ4v) is 4.12. The van der Waals surface area contributed by atoms with Gasteiger partial charge in [0.25, 0.3) is 0 Å². The van der Waals surface area contributed by atoms with Crippen molar-refractivity contribution in [3.05, 3.63) is 21.9 Å². The minimum atomic E-state index is -2.78. The zero-order valence-corrected chi connectivity index (χ0v) is 11.0. The molecule has 0 bridgehead atoms. The first-order valence-electron chi connectivity index (χ1n) is 5.52. The topological polar surface area (TPSA) is 70.0 Å². The van der Waals surface area contributed by atoms with E-state index in [0.717, 1.165) is 11.4 Å². The highest BCUT2D eigenvalue weighted by Gasteiger charge is 2.22. The van der Waals surface area contributed by atoms with Crippen LogP contribution < -0.4 is 5.32 Å². The van der Waals surface area contributed by atoms with Crippen LogP contribution in [0.4, 0.5) is 0 Å². The number of nitrogens with one attached hydrogen (secondary N) is 1. The number of hydrogen-bond acceptors (Lipinski definition) is 5. The second kappa shape index (κ2) is 5.17. The summed E-state index contributed by atoms with van der Waals surface area (Å²) in [5.41, 5.74) is 0. The van der Waals surface area contributed by atoms with Gasteiger partial charge in [0.05, 0.1) is 11.5 Å². The van der Waals surface area contributed by atoms with Crippen LogP contribution in [-0.2, 0) is 16.4 Å². The van der Waals surface area contributed by atoms with E-state index >= 15 is 0 Å². The molecule has 2 rings (SSSR count). The van der Waals surface area contributed by atoms with Crippen LogP contribution in [0.25, 0.3) is 0 Å². The van der Waals surface area contributed by atoms with Gasteiger partial charge in [-0.3, -0.25) is 0 Å². The molecule has 1 aromatic heterocycles. The van der Waals surface area contributed by atoms with Gasteiger partial charge in [0, 0.05) is 17.5 Å². The van der Waals surface area contributed by atoms with E-state index < -0.39 is 9.84 Å². The second-order valence-electron chi connectivity index (χ2n) is 4.18. The van der Waals surface area contributed by atoms with Crippen molar-refractivity contribution in [1.82, 2.24) is 5.32 Å². The number of rotatable bonds is 3. The third-order valence-electron chi connectivity index (χ3n) is 2.89. The number of thiophene rings is 1. The smallest absolute Gasteiger partial charge is 0.150 e. The van der Waals surface area contributed by atoms with Gasteiger partial charge in [-0.25, -0.2) is 8.42 Å². The van der Waals surface area contributed by atoms with Crippen LogP contribution in [0.1, 0.15) is 22.6 Å². The molecule has 0 aliphatic carbocycles. The van der Waals surface area contributed by atoms with Crippen LogP contribution in [0.15, 0.2) is 12.1 Å². The van der Waals surface area contributed by atoms with Gasteiger partial charge in [-0.1, -0.05) is 0 Å². The largest absolute Gasteiger partial charge is 0.309 e. The van der Waals surface area contributed by atoms with E-state index in [1.54, 1.807) is 0 Å². The molecule has 1 aliphatic heterocycles. The summed E-state index contributed by atoms with van der Waals surface area (Å²) >= 11 is 1.48. The fourth-order valence-electron chi connectivity index (χ4n) is 1.87. The summed E-state index contributed by atoms with van der Waals surface area (Å²) in [4.78, 5) is 1.84. The maximum Gasteiger partial charge on any atom is 0.150 e. The van der Waals surface area contributed by atoms with Crippen molar-refractivity contribution >= 4 is 21.2 Å². The van der Waals surface area contributed by atoms with Gasteiger partial charge in [0.2, 0.25) is 0 Å². The first kappa shape index (κ1) is 12.6. The Bertz CT molecular complexity index is 514. The minimum absolute atomic E-state index is 0.283. The van der Waals surface area contributed by atoms with Crippen LogP contribution in [-0.4, -0.2) is 26.0 Å². The van der Waals surface area contributed by atoms with Crippen molar-refractivity contribution in [1.29, 1.82) is 5.26 Å². The molecule has 1 N–H and O–H groups in total. The standard InChI is InChI=1S/C11H14N2O2S2/c12-7-10-1-2-11(16-10)8-13-9-3-5-17(14,15)6-4-9/h1-2,9,13H,3-6,8H2. The molecule has 0 saturated carbocycles. The predicted molar refractivity (Wildman–Crippen MR) is 67.5 cm³/mol. The van der Waals surface area contributed by atoms with Crippen LogP contribution in [0.5, 0.6) is 0 Å². The molecule has 4 nitrogen and oxygen atoms in total. The first-order chi connectivity index (χ1) is 8.09. The molecule has 0 spiro atoms. The summed E-state index contributed by atoms with van der Waals surface area (Å²) in [5, 5.41) is 12.0. The van der Waals surface area contributed by atoms with E-state index in [2.05, 4.69) is 11.4 Å². The van der Waals surface area contributed by atoms with Gasteiger partial charge in [-0.15, -0.1) is 11.3 Å². The molecule has 1 fully saturated rings. The maximum absolute atomic E-state index is 11.3. The zero-order valence-electron chi connectivity index (χ0n) is 9.35. The van der Waals surface area contributed by atoms with Gasteiger partial charge in [0.15, 0.2) is 0 Å². The Balaban J connectivity index is 1.82. The van der Waals surface area contributed by atoms with Crippen LogP contribution in [0.3, 0.4) is 0 Å². The fraction of sp³-hybridized carbons (Fsp3) is 0.545. The van der Waals surface area contributed by atoms with Crippen LogP contribution in [0.2, 0.25) is 0 Å². The first-order valence-corrected chi connectivity index (χ1v) is 8.15. The number of nitrogens with zero attached hydrogens (tertiary/aromatic N) is 1. The molecule has 1 aromatic rings. The Kier molecular flexibility index (Phi) is 3.82. The molecule has 0 unspecified atom stereocenters. The Morgan fingerprint density at radius 1 is 1.41 bits per heavy atom. The van der Waals surface area contributed by atoms with Crippen molar-refractivity contribution in [2.75, 3.05) is 11.5 Å². The van der Waals surface area contributed by atoms with E-state index in [4.69, 9.17) is 5.26 Å². The Morgan fingerprint density at radius 2 is 2.12 bits per heavy atom. The summed E-state index contributed by atoms with van der Waals surface area (Å²) in [5.74, 6) is 0.580. The van der Waals surface area contributed by atoms with E-state index in [1.807, 2.05) is 12.1 Å². The van der Waals surface area contributed by atoms with E-state index in [9.17, 15) is 8.42 Å². The zero-order chi connectivity index (χ0) is 12.3. The van der Waals surface area contributed by atoms with Crippen molar-refractivity contribution in [2.24, 2.45) is 0 Å². The summed E-state index contributed by atoms with van der Waals surface area (Å²) in [6, 6.07) is 6.14. The van der Waals surface area contributed by atoms with Gasteiger partial charge in [-0.2, -0.15) is 5.26 Å². The lowest BCUT2D eigenvalue weighted by Gasteiger charge is -2.22. The van der Waals surface area contributed by atoms with E-state index in [1.165, 1.54) is 11.3 Å². The molecule has 6 heteroatoms. The maximum atomic E-state index is 11.3. The summed E-state index contributed by atoms with van der Waals surface area (Å²) in [6.07, 6.45) is 1.39. The highest BCUT2D eigenvalue weighted by Crippen LogP contribution is 2.17. The Labute approximate surface area is 105 Å². The molecule has 0 radical (unpaired) electrons. The van der Waals surface area contributed by atoms with Gasteiger partial charge < -0.3 is 5.32 Å². The minimum Gasteiger partial charge on any atom is -0.309 e. The molecule has 0 aromatic carbocycles. The van der Waals surface area contributed by atoms with Gasteiger partial charge >= 0.3 is 0 Å². The summed E-state index contributed by atoms with van der Waals surface area (Å²) in [7, 11) is -2.78.